The number of aliphatic hydroxyl groups excluding tert-OH is 8. The van der Waals surface area contributed by atoms with E-state index in [1.54, 1.807) is 0 Å². The first kappa shape index (κ1) is 35.7. The number of rotatable bonds is 4. The Hall–Kier alpha value is -1.15. The summed E-state index contributed by atoms with van der Waals surface area (Å²) in [4.78, 5) is 14.4. The van der Waals surface area contributed by atoms with Crippen LogP contribution in [0.15, 0.2) is 11.6 Å². The number of esters is 1. The molecule has 6 aliphatic rings. The number of hydrogen-bond donors (Lipinski definition) is 8. The fraction of sp³-hybridized carbons (Fsp3) is 0.917. The van der Waals surface area contributed by atoms with E-state index in [0.29, 0.717) is 38.5 Å². The fourth-order valence-electron chi connectivity index (χ4n) is 12.1. The number of hydrogen-bond acceptors (Lipinski definition) is 11. The standard InChI is InChI=1S/C36H58O11/c1-31(2)11-13-36(30(45)47-29-26(42)25(41)24(40)20(16-37)46-29)14-12-34(5)18(23(36)28(31)44)7-8-22-32(3)15-19(39)27(43)33(4,17-38)21(32)9-10-35(22,34)6/h7,19-29,37-44H,8-17H2,1-6H3/t19-,20-,21-,22-,23-,24-,25+,26-,27+,28?,29+,32+,33+,34-,35-,36+/m1/s1. The second-order valence-electron chi connectivity index (χ2n) is 17.8. The number of carbonyl (C=O) groups excluding carboxylic acids is 1. The van der Waals surface area contributed by atoms with Crippen molar-refractivity contribution in [1.82, 2.24) is 0 Å². The van der Waals surface area contributed by atoms with Crippen LogP contribution in [0.1, 0.15) is 92.9 Å². The molecule has 1 unspecified atom stereocenters. The minimum Gasteiger partial charge on any atom is -0.432 e. The highest BCUT2D eigenvalue weighted by Gasteiger charge is 2.72. The van der Waals surface area contributed by atoms with Gasteiger partial charge in [-0.2, -0.15) is 0 Å². The highest BCUT2D eigenvalue weighted by Crippen LogP contribution is 2.75. The molecule has 1 heterocycles. The summed E-state index contributed by atoms with van der Waals surface area (Å²) in [7, 11) is 0. The number of allylic oxidation sites excluding steroid dienone is 1. The maximum atomic E-state index is 14.4. The van der Waals surface area contributed by atoms with Gasteiger partial charge < -0.3 is 50.3 Å². The lowest BCUT2D eigenvalue weighted by atomic mass is 9.33. The number of carbonyl (C=O) groups is 1. The first-order chi connectivity index (χ1) is 21.8. The molecule has 16 atom stereocenters. The second-order valence-corrected chi connectivity index (χ2v) is 17.8. The maximum Gasteiger partial charge on any atom is 0.315 e. The van der Waals surface area contributed by atoms with Crippen molar-refractivity contribution in [3.8, 4) is 0 Å². The van der Waals surface area contributed by atoms with Crippen molar-refractivity contribution < 1.29 is 55.1 Å². The second kappa shape index (κ2) is 11.4. The molecule has 8 N–H and O–H groups in total. The Kier molecular flexibility index (Phi) is 8.68. The van der Waals surface area contributed by atoms with Crippen LogP contribution < -0.4 is 0 Å². The molecule has 5 fully saturated rings. The van der Waals surface area contributed by atoms with Gasteiger partial charge in [-0.1, -0.05) is 53.2 Å². The summed E-state index contributed by atoms with van der Waals surface area (Å²) in [5.74, 6) is -1.08. The van der Waals surface area contributed by atoms with E-state index in [1.165, 1.54) is 0 Å². The number of ether oxygens (including phenoxy) is 2. The zero-order chi connectivity index (χ0) is 34.7. The first-order valence-electron chi connectivity index (χ1n) is 17.7. The summed E-state index contributed by atoms with van der Waals surface area (Å²) < 4.78 is 11.4. The topological polar surface area (TPSA) is 197 Å². The molecule has 11 nitrogen and oxygen atoms in total. The highest BCUT2D eigenvalue weighted by molar-refractivity contribution is 5.79. The van der Waals surface area contributed by atoms with Gasteiger partial charge in [0.15, 0.2) is 0 Å². The van der Waals surface area contributed by atoms with Crippen LogP contribution in [0.2, 0.25) is 0 Å². The van der Waals surface area contributed by atoms with Gasteiger partial charge in [0.1, 0.15) is 24.4 Å². The monoisotopic (exact) mass is 666 g/mol. The predicted molar refractivity (Wildman–Crippen MR) is 169 cm³/mol. The molecule has 268 valence electrons. The molecule has 0 radical (unpaired) electrons. The summed E-state index contributed by atoms with van der Waals surface area (Å²) in [5.41, 5.74) is -2.46. The van der Waals surface area contributed by atoms with E-state index < -0.39 is 89.2 Å². The van der Waals surface area contributed by atoms with Crippen LogP contribution in [-0.2, 0) is 14.3 Å². The van der Waals surface area contributed by atoms with Crippen LogP contribution in [-0.4, -0.2) is 109 Å². The van der Waals surface area contributed by atoms with E-state index in [2.05, 4.69) is 26.8 Å². The molecule has 11 heteroatoms. The summed E-state index contributed by atoms with van der Waals surface area (Å²) in [6.07, 6.45) is -3.62. The summed E-state index contributed by atoms with van der Waals surface area (Å²) in [6, 6.07) is 0. The SMILES string of the molecule is CC1(C)CC[C@]2(C(=O)O[C@@H]3O[C@H](CO)[C@@H](O)[C@H](O)[C@H]3O)CC[C@]3(C)C(=CC[C@@H]4[C@@]5(C)C[C@@H](O)[C@H](O)[C@@](C)(CO)[C@@H]5CC[C@]43C)[C@@H]2C1O. The van der Waals surface area contributed by atoms with Crippen molar-refractivity contribution in [3.05, 3.63) is 11.6 Å². The molecule has 5 aliphatic carbocycles. The Morgan fingerprint density at radius 1 is 0.851 bits per heavy atom. The molecule has 1 aliphatic heterocycles. The van der Waals surface area contributed by atoms with E-state index in [-0.39, 0.29) is 29.3 Å². The third kappa shape index (κ3) is 4.67. The third-order valence-electron chi connectivity index (χ3n) is 15.4. The van der Waals surface area contributed by atoms with Crippen molar-refractivity contribution in [2.45, 2.75) is 142 Å². The molecule has 1 saturated heterocycles. The molecule has 0 bridgehead atoms. The molecule has 0 amide bonds. The van der Waals surface area contributed by atoms with Gasteiger partial charge in [-0.3, -0.25) is 4.79 Å². The highest BCUT2D eigenvalue weighted by atomic mass is 16.7. The Morgan fingerprint density at radius 2 is 1.51 bits per heavy atom. The lowest BCUT2D eigenvalue weighted by Gasteiger charge is -2.71. The normalized spacial score (nSPS) is 55.4. The minimum atomic E-state index is -1.72. The lowest BCUT2D eigenvalue weighted by molar-refractivity contribution is -0.298. The average molecular weight is 667 g/mol. The zero-order valence-corrected chi connectivity index (χ0v) is 28.8. The van der Waals surface area contributed by atoms with Crippen LogP contribution in [0.25, 0.3) is 0 Å². The molecule has 0 aromatic carbocycles. The van der Waals surface area contributed by atoms with Gasteiger partial charge in [0.25, 0.3) is 0 Å². The number of fused-ring (bicyclic) bond motifs is 7. The van der Waals surface area contributed by atoms with Gasteiger partial charge in [0.2, 0.25) is 6.29 Å². The van der Waals surface area contributed by atoms with Crippen molar-refractivity contribution in [1.29, 1.82) is 0 Å². The third-order valence-corrected chi connectivity index (χ3v) is 15.4. The number of aliphatic hydroxyl groups is 8. The Bertz CT molecular complexity index is 1270. The Balaban J connectivity index is 1.39. The lowest BCUT2D eigenvalue weighted by Crippen LogP contribution is -2.69. The van der Waals surface area contributed by atoms with Gasteiger partial charge >= 0.3 is 5.97 Å². The Labute approximate surface area is 278 Å². The molecule has 0 aromatic heterocycles. The zero-order valence-electron chi connectivity index (χ0n) is 28.8. The van der Waals surface area contributed by atoms with E-state index in [0.717, 1.165) is 18.4 Å². The van der Waals surface area contributed by atoms with Crippen molar-refractivity contribution in [3.63, 3.8) is 0 Å². The largest absolute Gasteiger partial charge is 0.432 e. The maximum absolute atomic E-state index is 14.4. The van der Waals surface area contributed by atoms with Gasteiger partial charge in [-0.15, -0.1) is 0 Å². The molecule has 0 spiro atoms. The van der Waals surface area contributed by atoms with Crippen molar-refractivity contribution >= 4 is 5.97 Å². The molecular weight excluding hydrogens is 608 g/mol. The van der Waals surface area contributed by atoms with E-state index >= 15 is 0 Å². The van der Waals surface area contributed by atoms with E-state index in [1.807, 2.05) is 20.8 Å². The first-order valence-corrected chi connectivity index (χ1v) is 17.7. The Morgan fingerprint density at radius 3 is 2.15 bits per heavy atom. The van der Waals surface area contributed by atoms with Crippen LogP contribution in [0.4, 0.5) is 0 Å². The fourth-order valence-corrected chi connectivity index (χ4v) is 12.1. The molecule has 4 saturated carbocycles. The summed E-state index contributed by atoms with van der Waals surface area (Å²) >= 11 is 0. The van der Waals surface area contributed by atoms with Crippen LogP contribution >= 0.6 is 0 Å². The average Bonchev–Trinajstić information content (AvgIpc) is 3.02. The van der Waals surface area contributed by atoms with Crippen molar-refractivity contribution in [2.75, 3.05) is 13.2 Å². The molecule has 6 rings (SSSR count). The molecule has 0 aromatic rings. The van der Waals surface area contributed by atoms with Crippen molar-refractivity contribution in [2.24, 2.45) is 50.2 Å². The quantitative estimate of drug-likeness (QED) is 0.160. The van der Waals surface area contributed by atoms with E-state index in [4.69, 9.17) is 9.47 Å². The van der Waals surface area contributed by atoms with Gasteiger partial charge in [-0.25, -0.2) is 0 Å². The van der Waals surface area contributed by atoms with E-state index in [9.17, 15) is 45.6 Å². The minimum absolute atomic E-state index is 0.00502. The van der Waals surface area contributed by atoms with Crippen LogP contribution in [0, 0.1) is 50.2 Å². The van der Waals surface area contributed by atoms with Gasteiger partial charge in [-0.05, 0) is 84.9 Å². The smallest absolute Gasteiger partial charge is 0.315 e. The predicted octanol–water partition coefficient (Wildman–Crippen LogP) is 1.41. The van der Waals surface area contributed by atoms with Gasteiger partial charge in [0.05, 0.1) is 36.9 Å². The summed E-state index contributed by atoms with van der Waals surface area (Å²) in [6.45, 7) is 11.9. The van der Waals surface area contributed by atoms with Gasteiger partial charge in [0, 0.05) is 11.3 Å². The van der Waals surface area contributed by atoms with Crippen LogP contribution in [0.5, 0.6) is 0 Å². The van der Waals surface area contributed by atoms with Crippen LogP contribution in [0.3, 0.4) is 0 Å². The molecule has 47 heavy (non-hydrogen) atoms. The molecular formula is C36H58O11. The summed E-state index contributed by atoms with van der Waals surface area (Å²) in [5, 5.41) is 85.9.